The van der Waals surface area contributed by atoms with E-state index < -0.39 is 0 Å². The molecule has 2 unspecified atom stereocenters. The molecule has 6 nitrogen and oxygen atoms in total. The van der Waals surface area contributed by atoms with Gasteiger partial charge in [0, 0.05) is 19.1 Å². The first-order chi connectivity index (χ1) is 9.97. The van der Waals surface area contributed by atoms with Gasteiger partial charge in [-0.25, -0.2) is 4.98 Å². The van der Waals surface area contributed by atoms with E-state index in [9.17, 15) is 4.79 Å². The summed E-state index contributed by atoms with van der Waals surface area (Å²) in [5, 5.41) is 0.537. The zero-order chi connectivity index (χ0) is 15.1. The molecule has 1 fully saturated rings. The number of nitrogen functional groups attached to an aromatic ring is 1. The van der Waals surface area contributed by atoms with Gasteiger partial charge in [0.05, 0.1) is 28.6 Å². The van der Waals surface area contributed by atoms with Crippen LogP contribution in [-0.4, -0.2) is 48.1 Å². The van der Waals surface area contributed by atoms with Crippen LogP contribution >= 0.6 is 0 Å². The lowest BCUT2D eigenvalue weighted by Gasteiger charge is -2.23. The normalized spacial score (nSPS) is 22.4. The Bertz CT molecular complexity index is 724. The molecule has 1 aromatic heterocycles. The topological polar surface area (TPSA) is 78.2 Å². The molecule has 3 N–H and O–H groups in total. The number of fused-ring (bicyclic) bond motifs is 1. The number of H-pyrrole nitrogens is 1. The lowest BCUT2D eigenvalue weighted by Crippen LogP contribution is -2.34. The van der Waals surface area contributed by atoms with Crippen molar-refractivity contribution in [3.8, 4) is 0 Å². The lowest BCUT2D eigenvalue weighted by molar-refractivity contribution is 0.266. The number of nitrogens with two attached hydrogens (primary N) is 1. The minimum Gasteiger partial charge on any atom is -0.397 e. The number of aromatic nitrogens is 2. The molecule has 0 bridgehead atoms. The Kier molecular flexibility index (Phi) is 3.33. The Morgan fingerprint density at radius 2 is 2.14 bits per heavy atom. The minimum atomic E-state index is -0.154. The summed E-state index contributed by atoms with van der Waals surface area (Å²) >= 11 is 0. The molecule has 112 valence electrons. The number of hydrogen-bond donors (Lipinski definition) is 2. The second kappa shape index (κ2) is 5.04. The van der Waals surface area contributed by atoms with Crippen LogP contribution in [-0.2, 0) is 0 Å². The zero-order valence-electron chi connectivity index (χ0n) is 12.6. The summed E-state index contributed by atoms with van der Waals surface area (Å²) in [5.41, 5.74) is 8.30. The van der Waals surface area contributed by atoms with E-state index in [1.165, 1.54) is 6.33 Å². The summed E-state index contributed by atoms with van der Waals surface area (Å²) in [5.74, 6) is 0.572. The lowest BCUT2D eigenvalue weighted by atomic mass is 10.1. The van der Waals surface area contributed by atoms with Crippen LogP contribution in [0.5, 0.6) is 0 Å². The molecule has 1 aliphatic heterocycles. The van der Waals surface area contributed by atoms with E-state index in [4.69, 9.17) is 5.73 Å². The van der Waals surface area contributed by atoms with Crippen LogP contribution in [0.4, 0.5) is 11.4 Å². The van der Waals surface area contributed by atoms with E-state index in [2.05, 4.69) is 40.8 Å². The third-order valence-electron chi connectivity index (χ3n) is 4.37. The Balaban J connectivity index is 2.02. The van der Waals surface area contributed by atoms with E-state index in [0.717, 1.165) is 18.8 Å². The number of nitrogens with one attached hydrogen (secondary N) is 1. The van der Waals surface area contributed by atoms with Gasteiger partial charge in [-0.3, -0.25) is 4.79 Å². The van der Waals surface area contributed by atoms with Crippen molar-refractivity contribution in [3.63, 3.8) is 0 Å². The van der Waals surface area contributed by atoms with Gasteiger partial charge in [0.15, 0.2) is 0 Å². The summed E-state index contributed by atoms with van der Waals surface area (Å²) < 4.78 is 0. The van der Waals surface area contributed by atoms with Crippen LogP contribution in [0.3, 0.4) is 0 Å². The number of benzene rings is 1. The van der Waals surface area contributed by atoms with Crippen molar-refractivity contribution in [3.05, 3.63) is 28.8 Å². The first-order valence-corrected chi connectivity index (χ1v) is 7.15. The maximum Gasteiger partial charge on any atom is 0.258 e. The number of hydrogen-bond acceptors (Lipinski definition) is 5. The molecule has 0 spiro atoms. The van der Waals surface area contributed by atoms with E-state index in [1.807, 2.05) is 6.07 Å². The van der Waals surface area contributed by atoms with Crippen LogP contribution < -0.4 is 16.2 Å². The van der Waals surface area contributed by atoms with Gasteiger partial charge in [0.25, 0.3) is 5.56 Å². The molecule has 21 heavy (non-hydrogen) atoms. The Morgan fingerprint density at radius 1 is 1.38 bits per heavy atom. The van der Waals surface area contributed by atoms with Crippen LogP contribution in [0.25, 0.3) is 10.9 Å². The number of anilines is 2. The van der Waals surface area contributed by atoms with Gasteiger partial charge in [0.1, 0.15) is 0 Å². The van der Waals surface area contributed by atoms with Crippen molar-refractivity contribution >= 4 is 22.3 Å². The maximum atomic E-state index is 11.8. The molecular weight excluding hydrogens is 266 g/mol. The number of rotatable bonds is 2. The average Bonchev–Trinajstić information content (AvgIpc) is 2.81. The molecule has 1 aromatic carbocycles. The van der Waals surface area contributed by atoms with Crippen LogP contribution in [0.1, 0.15) is 6.92 Å². The van der Waals surface area contributed by atoms with Crippen LogP contribution in [0.2, 0.25) is 0 Å². The average molecular weight is 287 g/mol. The SMILES string of the molecule is CC1CN(c2cc3nc[nH]c(=O)c3cc2N)CC1N(C)C. The third-order valence-corrected chi connectivity index (χ3v) is 4.37. The molecule has 1 saturated heterocycles. The molecule has 3 rings (SSSR count). The number of likely N-dealkylation sites (N-methyl/N-ethyl adjacent to an activating group) is 1. The second-order valence-corrected chi connectivity index (χ2v) is 6.07. The highest BCUT2D eigenvalue weighted by molar-refractivity contribution is 5.88. The van der Waals surface area contributed by atoms with E-state index >= 15 is 0 Å². The highest BCUT2D eigenvalue weighted by Crippen LogP contribution is 2.32. The van der Waals surface area contributed by atoms with Crippen molar-refractivity contribution in [2.24, 2.45) is 5.92 Å². The summed E-state index contributed by atoms with van der Waals surface area (Å²) in [7, 11) is 4.21. The van der Waals surface area contributed by atoms with Crippen molar-refractivity contribution in [1.29, 1.82) is 0 Å². The first-order valence-electron chi connectivity index (χ1n) is 7.15. The number of aromatic amines is 1. The van der Waals surface area contributed by atoms with Crippen molar-refractivity contribution < 1.29 is 0 Å². The first kappa shape index (κ1) is 13.9. The minimum absolute atomic E-state index is 0.154. The highest BCUT2D eigenvalue weighted by atomic mass is 16.1. The summed E-state index contributed by atoms with van der Waals surface area (Å²) in [6, 6.07) is 4.15. The van der Waals surface area contributed by atoms with Crippen molar-refractivity contribution in [1.82, 2.24) is 14.9 Å². The van der Waals surface area contributed by atoms with E-state index in [0.29, 0.717) is 28.6 Å². The summed E-state index contributed by atoms with van der Waals surface area (Å²) in [6.07, 6.45) is 1.43. The summed E-state index contributed by atoms with van der Waals surface area (Å²) in [4.78, 5) is 23.1. The maximum absolute atomic E-state index is 11.8. The molecule has 0 saturated carbocycles. The standard InChI is InChI=1S/C15H21N5O/c1-9-6-20(7-14(9)19(2)3)13-5-12-10(4-11(13)16)15(21)18-8-17-12/h4-5,8-9,14H,6-7,16H2,1-3H3,(H,17,18,21). The van der Waals surface area contributed by atoms with Gasteiger partial charge >= 0.3 is 0 Å². The van der Waals surface area contributed by atoms with Crippen LogP contribution in [0, 0.1) is 5.92 Å². The van der Waals surface area contributed by atoms with E-state index in [-0.39, 0.29) is 5.56 Å². The fraction of sp³-hybridized carbons (Fsp3) is 0.467. The molecule has 0 aliphatic carbocycles. The molecule has 0 radical (unpaired) electrons. The number of nitrogens with zero attached hydrogens (tertiary/aromatic N) is 3. The second-order valence-electron chi connectivity index (χ2n) is 6.07. The van der Waals surface area contributed by atoms with Gasteiger partial charge in [-0.15, -0.1) is 0 Å². The third kappa shape index (κ3) is 2.35. The highest BCUT2D eigenvalue weighted by Gasteiger charge is 2.32. The molecular formula is C15H21N5O. The zero-order valence-corrected chi connectivity index (χ0v) is 12.6. The predicted octanol–water partition coefficient (Wildman–Crippen LogP) is 0.892. The molecule has 2 aromatic rings. The van der Waals surface area contributed by atoms with Crippen molar-refractivity contribution in [2.45, 2.75) is 13.0 Å². The Labute approximate surface area is 123 Å². The Hall–Kier alpha value is -2.08. The molecule has 0 amide bonds. The van der Waals surface area contributed by atoms with Gasteiger partial charge in [0.2, 0.25) is 0 Å². The van der Waals surface area contributed by atoms with Gasteiger partial charge in [-0.1, -0.05) is 6.92 Å². The molecule has 2 atom stereocenters. The predicted molar refractivity (Wildman–Crippen MR) is 85.6 cm³/mol. The van der Waals surface area contributed by atoms with Crippen LogP contribution in [0.15, 0.2) is 23.3 Å². The smallest absolute Gasteiger partial charge is 0.258 e. The monoisotopic (exact) mass is 287 g/mol. The van der Waals surface area contributed by atoms with Gasteiger partial charge in [-0.05, 0) is 32.1 Å². The van der Waals surface area contributed by atoms with E-state index in [1.54, 1.807) is 6.07 Å². The molecule has 1 aliphatic rings. The molecule has 2 heterocycles. The fourth-order valence-electron chi connectivity index (χ4n) is 3.21. The Morgan fingerprint density at radius 3 is 2.81 bits per heavy atom. The quantitative estimate of drug-likeness (QED) is 0.802. The fourth-order valence-corrected chi connectivity index (χ4v) is 3.21. The van der Waals surface area contributed by atoms with Crippen molar-refractivity contribution in [2.75, 3.05) is 37.8 Å². The largest absolute Gasteiger partial charge is 0.397 e. The molecule has 6 heteroatoms. The van der Waals surface area contributed by atoms with Gasteiger partial charge < -0.3 is 20.5 Å². The summed E-state index contributed by atoms with van der Waals surface area (Å²) in [6.45, 7) is 4.15. The van der Waals surface area contributed by atoms with Gasteiger partial charge in [-0.2, -0.15) is 0 Å².